The summed E-state index contributed by atoms with van der Waals surface area (Å²) in [5.41, 5.74) is 1.99. The lowest BCUT2D eigenvalue weighted by molar-refractivity contribution is 0.394. The molecule has 1 fully saturated rings. The fourth-order valence-electron chi connectivity index (χ4n) is 3.03. The van der Waals surface area contributed by atoms with Crippen LogP contribution in [0.3, 0.4) is 0 Å². The van der Waals surface area contributed by atoms with Crippen molar-refractivity contribution < 1.29 is 9.47 Å². The van der Waals surface area contributed by atoms with Crippen LogP contribution in [0.15, 0.2) is 33.7 Å². The Morgan fingerprint density at radius 2 is 1.96 bits per heavy atom. The van der Waals surface area contributed by atoms with Crippen molar-refractivity contribution in [3.05, 3.63) is 39.6 Å². The highest BCUT2D eigenvalue weighted by Crippen LogP contribution is 2.23. The minimum absolute atomic E-state index is 0.434. The molecule has 2 aromatic rings. The molecule has 0 amide bonds. The molecular formula is C19H25N3O2S. The predicted octanol–water partition coefficient (Wildman–Crippen LogP) is 3.99. The Bertz CT molecular complexity index is 801. The van der Waals surface area contributed by atoms with Gasteiger partial charge in [-0.3, -0.25) is 4.99 Å². The fourth-order valence-corrected chi connectivity index (χ4v) is 3.90. The van der Waals surface area contributed by atoms with E-state index in [1.807, 2.05) is 29.1 Å². The second-order valence-electron chi connectivity index (χ2n) is 6.24. The maximum absolute atomic E-state index is 5.44. The molecule has 0 saturated heterocycles. The molecule has 0 spiro atoms. The summed E-state index contributed by atoms with van der Waals surface area (Å²) in [6.45, 7) is 2.05. The molecule has 0 bridgehead atoms. The lowest BCUT2D eigenvalue weighted by Crippen LogP contribution is -2.19. The van der Waals surface area contributed by atoms with Gasteiger partial charge < -0.3 is 9.47 Å². The maximum Gasteiger partial charge on any atom is 0.206 e. The van der Waals surface area contributed by atoms with Gasteiger partial charge in [-0.25, -0.2) is 4.68 Å². The van der Waals surface area contributed by atoms with E-state index in [0.717, 1.165) is 27.6 Å². The topological polar surface area (TPSA) is 48.1 Å². The number of thiazole rings is 1. The Labute approximate surface area is 152 Å². The highest BCUT2D eigenvalue weighted by molar-refractivity contribution is 7.07. The summed E-state index contributed by atoms with van der Waals surface area (Å²) >= 11 is 1.65. The first kappa shape index (κ1) is 17.7. The molecule has 0 atom stereocenters. The Kier molecular flexibility index (Phi) is 5.91. The second kappa shape index (κ2) is 8.34. The van der Waals surface area contributed by atoms with Gasteiger partial charge in [0.2, 0.25) is 4.80 Å². The highest BCUT2D eigenvalue weighted by Gasteiger charge is 2.12. The number of methoxy groups -OCH3 is 2. The van der Waals surface area contributed by atoms with Gasteiger partial charge in [-0.1, -0.05) is 19.3 Å². The first-order valence-corrected chi connectivity index (χ1v) is 9.56. The molecule has 0 unspecified atom stereocenters. The minimum atomic E-state index is 0.434. The van der Waals surface area contributed by atoms with Crippen molar-refractivity contribution in [1.29, 1.82) is 0 Å². The van der Waals surface area contributed by atoms with Crippen molar-refractivity contribution in [2.45, 2.75) is 45.1 Å². The van der Waals surface area contributed by atoms with Crippen molar-refractivity contribution >= 4 is 17.6 Å². The molecule has 1 aromatic heterocycles. The molecule has 1 heterocycles. The Hall–Kier alpha value is -2.08. The van der Waals surface area contributed by atoms with Gasteiger partial charge in [0.1, 0.15) is 11.5 Å². The number of benzene rings is 1. The average Bonchev–Trinajstić information content (AvgIpc) is 3.00. The standard InChI is InChI=1S/C19H25N3O2S/c1-14-13-25-19(21-16-7-5-4-6-8-16)22(14)20-12-15-9-10-17(23-2)11-18(15)24-3/h9-13,16H,4-8H2,1-3H3. The molecule has 1 aliphatic carbocycles. The molecule has 1 saturated carbocycles. The van der Waals surface area contributed by atoms with E-state index >= 15 is 0 Å². The predicted molar refractivity (Wildman–Crippen MR) is 102 cm³/mol. The van der Waals surface area contributed by atoms with Crippen molar-refractivity contribution in [2.24, 2.45) is 10.1 Å². The SMILES string of the molecule is COc1ccc(C=Nn2c(C)csc2=NC2CCCCC2)c(OC)c1. The molecule has 0 aliphatic heterocycles. The molecule has 1 aliphatic rings. The van der Waals surface area contributed by atoms with Crippen LogP contribution in [0, 0.1) is 6.92 Å². The summed E-state index contributed by atoms with van der Waals surface area (Å²) in [7, 11) is 3.30. The zero-order chi connectivity index (χ0) is 17.6. The van der Waals surface area contributed by atoms with Crippen LogP contribution >= 0.6 is 11.3 Å². The zero-order valence-corrected chi connectivity index (χ0v) is 15.9. The van der Waals surface area contributed by atoms with Gasteiger partial charge >= 0.3 is 0 Å². The van der Waals surface area contributed by atoms with Crippen LogP contribution in [0.2, 0.25) is 0 Å². The number of hydrogen-bond acceptors (Lipinski definition) is 5. The Morgan fingerprint density at radius 3 is 2.68 bits per heavy atom. The molecule has 6 heteroatoms. The van der Waals surface area contributed by atoms with Gasteiger partial charge in [0.25, 0.3) is 0 Å². The first-order valence-electron chi connectivity index (χ1n) is 8.68. The van der Waals surface area contributed by atoms with Crippen molar-refractivity contribution in [1.82, 2.24) is 4.68 Å². The van der Waals surface area contributed by atoms with E-state index < -0.39 is 0 Å². The molecule has 5 nitrogen and oxygen atoms in total. The summed E-state index contributed by atoms with van der Waals surface area (Å²) in [5, 5.41) is 6.75. The second-order valence-corrected chi connectivity index (χ2v) is 7.08. The van der Waals surface area contributed by atoms with Gasteiger partial charge in [-0.2, -0.15) is 5.10 Å². The van der Waals surface area contributed by atoms with Crippen LogP contribution in [0.5, 0.6) is 11.5 Å². The van der Waals surface area contributed by atoms with Crippen LogP contribution in [-0.2, 0) is 0 Å². The van der Waals surface area contributed by atoms with Crippen LogP contribution in [0.4, 0.5) is 0 Å². The molecule has 134 valence electrons. The third-order valence-electron chi connectivity index (χ3n) is 4.47. The summed E-state index contributed by atoms with van der Waals surface area (Å²) in [5.74, 6) is 1.50. The van der Waals surface area contributed by atoms with Crippen molar-refractivity contribution in [2.75, 3.05) is 14.2 Å². The van der Waals surface area contributed by atoms with E-state index in [9.17, 15) is 0 Å². The number of aromatic nitrogens is 1. The number of rotatable bonds is 5. The third kappa shape index (κ3) is 4.31. The van der Waals surface area contributed by atoms with Crippen molar-refractivity contribution in [3.8, 4) is 11.5 Å². The van der Waals surface area contributed by atoms with E-state index in [1.165, 1.54) is 32.1 Å². The lowest BCUT2D eigenvalue weighted by Gasteiger charge is -2.16. The Morgan fingerprint density at radius 1 is 1.16 bits per heavy atom. The first-order chi connectivity index (χ1) is 12.2. The Balaban J connectivity index is 1.89. The minimum Gasteiger partial charge on any atom is -0.497 e. The van der Waals surface area contributed by atoms with Crippen LogP contribution in [0.25, 0.3) is 0 Å². The number of aryl methyl sites for hydroxylation is 1. The quantitative estimate of drug-likeness (QED) is 0.758. The summed E-state index contributed by atoms with van der Waals surface area (Å²) in [4.78, 5) is 5.90. The van der Waals surface area contributed by atoms with Gasteiger partial charge in [0, 0.05) is 17.0 Å². The molecule has 0 radical (unpaired) electrons. The van der Waals surface area contributed by atoms with E-state index in [0.29, 0.717) is 6.04 Å². The zero-order valence-electron chi connectivity index (χ0n) is 15.1. The number of ether oxygens (including phenoxy) is 2. The van der Waals surface area contributed by atoms with Crippen LogP contribution < -0.4 is 14.3 Å². The summed E-state index contributed by atoms with van der Waals surface area (Å²) in [6, 6.07) is 6.15. The molecule has 3 rings (SSSR count). The molecule has 25 heavy (non-hydrogen) atoms. The van der Waals surface area contributed by atoms with E-state index in [2.05, 4.69) is 17.4 Å². The third-order valence-corrected chi connectivity index (χ3v) is 5.42. The maximum atomic E-state index is 5.44. The van der Waals surface area contributed by atoms with Gasteiger partial charge in [0.05, 0.1) is 32.2 Å². The van der Waals surface area contributed by atoms with Crippen LogP contribution in [0.1, 0.15) is 43.4 Å². The largest absolute Gasteiger partial charge is 0.497 e. The van der Waals surface area contributed by atoms with E-state index in [4.69, 9.17) is 14.5 Å². The van der Waals surface area contributed by atoms with Gasteiger partial charge in [-0.15, -0.1) is 11.3 Å². The van der Waals surface area contributed by atoms with Gasteiger partial charge in [0.15, 0.2) is 0 Å². The normalized spacial score (nSPS) is 16.5. The summed E-state index contributed by atoms with van der Waals surface area (Å²) < 4.78 is 12.6. The number of nitrogens with zero attached hydrogens (tertiary/aromatic N) is 3. The van der Waals surface area contributed by atoms with Crippen LogP contribution in [-0.4, -0.2) is 31.2 Å². The molecule has 0 N–H and O–H groups in total. The monoisotopic (exact) mass is 359 g/mol. The smallest absolute Gasteiger partial charge is 0.206 e. The van der Waals surface area contributed by atoms with E-state index in [1.54, 1.807) is 25.6 Å². The fraction of sp³-hybridized carbons (Fsp3) is 0.474. The average molecular weight is 359 g/mol. The highest BCUT2D eigenvalue weighted by atomic mass is 32.1. The van der Waals surface area contributed by atoms with E-state index in [-0.39, 0.29) is 0 Å². The molecule has 1 aromatic carbocycles. The summed E-state index contributed by atoms with van der Waals surface area (Å²) in [6.07, 6.45) is 8.10. The number of hydrogen-bond donors (Lipinski definition) is 0. The van der Waals surface area contributed by atoms with Gasteiger partial charge in [-0.05, 0) is 31.9 Å². The lowest BCUT2D eigenvalue weighted by atomic mass is 9.96. The van der Waals surface area contributed by atoms with Crippen molar-refractivity contribution in [3.63, 3.8) is 0 Å². The molecular weight excluding hydrogens is 334 g/mol.